The second kappa shape index (κ2) is 11.0. The molecule has 2 aliphatic rings. The molecular formula is C27H23ClN6O2S2. The summed E-state index contributed by atoms with van der Waals surface area (Å²) in [5, 5.41) is 22.5. The maximum Gasteiger partial charge on any atom is 0.234 e. The Morgan fingerprint density at radius 1 is 1.24 bits per heavy atom. The fourth-order valence-corrected chi connectivity index (χ4v) is 6.56. The Bertz CT molecular complexity index is 1520. The van der Waals surface area contributed by atoms with Crippen LogP contribution in [0.1, 0.15) is 36.3 Å². The lowest BCUT2D eigenvalue weighted by atomic mass is 9.76. The van der Waals surface area contributed by atoms with E-state index in [9.17, 15) is 14.9 Å². The summed E-state index contributed by atoms with van der Waals surface area (Å²) in [5.41, 5.74) is 10.6. The van der Waals surface area contributed by atoms with Gasteiger partial charge in [0.25, 0.3) is 0 Å². The number of allylic oxidation sites excluding steroid dienone is 3. The van der Waals surface area contributed by atoms with Crippen LogP contribution in [0.3, 0.4) is 0 Å². The number of ketones is 1. The molecule has 192 valence electrons. The van der Waals surface area contributed by atoms with Gasteiger partial charge in [0.05, 0.1) is 23.3 Å². The maximum atomic E-state index is 13.2. The molecule has 0 bridgehead atoms. The number of anilines is 2. The van der Waals surface area contributed by atoms with Crippen LogP contribution in [0.4, 0.5) is 10.8 Å². The van der Waals surface area contributed by atoms with Crippen LogP contribution in [-0.4, -0.2) is 27.6 Å². The quantitative estimate of drug-likeness (QED) is 0.375. The molecule has 2 heterocycles. The summed E-state index contributed by atoms with van der Waals surface area (Å²) in [4.78, 5) is 27.3. The molecule has 3 aromatic rings. The molecule has 1 amide bonds. The lowest BCUT2D eigenvalue weighted by Gasteiger charge is -2.38. The van der Waals surface area contributed by atoms with Gasteiger partial charge in [-0.1, -0.05) is 70.6 Å². The number of hydrogen-bond acceptors (Lipinski definition) is 9. The smallest absolute Gasteiger partial charge is 0.234 e. The Balaban J connectivity index is 1.42. The predicted octanol–water partition coefficient (Wildman–Crippen LogP) is 5.54. The third-order valence-corrected chi connectivity index (χ3v) is 8.76. The summed E-state index contributed by atoms with van der Waals surface area (Å²) in [6.45, 7) is 1.98. The molecule has 1 unspecified atom stereocenters. The topological polar surface area (TPSA) is 125 Å². The molecule has 1 aliphatic heterocycles. The third kappa shape index (κ3) is 5.05. The highest BCUT2D eigenvalue weighted by atomic mass is 35.5. The predicted molar refractivity (Wildman–Crippen MR) is 150 cm³/mol. The third-order valence-electron chi connectivity index (χ3n) is 6.38. The van der Waals surface area contributed by atoms with Crippen molar-refractivity contribution in [3.05, 3.63) is 87.3 Å². The van der Waals surface area contributed by atoms with Gasteiger partial charge < -0.3 is 11.1 Å². The molecule has 38 heavy (non-hydrogen) atoms. The SMILES string of the molecule is Cc1ccc(NC(=O)CSc2nnc(N3C(N)=C(C#N)C(c4ccccc4Cl)C4=C3CCCC4=O)s2)cc1. The molecule has 2 aromatic carbocycles. The highest BCUT2D eigenvalue weighted by molar-refractivity contribution is 8.01. The fourth-order valence-electron chi connectivity index (χ4n) is 4.64. The van der Waals surface area contributed by atoms with E-state index in [4.69, 9.17) is 17.3 Å². The zero-order chi connectivity index (χ0) is 26.8. The minimum absolute atomic E-state index is 0.0340. The first kappa shape index (κ1) is 26.0. The second-order valence-corrected chi connectivity index (χ2v) is 11.5. The van der Waals surface area contributed by atoms with Gasteiger partial charge in [0, 0.05) is 28.4 Å². The Morgan fingerprint density at radius 3 is 2.74 bits per heavy atom. The summed E-state index contributed by atoms with van der Waals surface area (Å²) in [6.07, 6.45) is 1.65. The summed E-state index contributed by atoms with van der Waals surface area (Å²) < 4.78 is 0.572. The summed E-state index contributed by atoms with van der Waals surface area (Å²) in [5.74, 6) is -0.479. The van der Waals surface area contributed by atoms with Gasteiger partial charge in [0.2, 0.25) is 11.0 Å². The molecule has 0 spiro atoms. The highest BCUT2D eigenvalue weighted by Crippen LogP contribution is 2.48. The van der Waals surface area contributed by atoms with Crippen molar-refractivity contribution in [2.75, 3.05) is 16.0 Å². The number of thioether (sulfide) groups is 1. The molecule has 0 fully saturated rings. The van der Waals surface area contributed by atoms with Gasteiger partial charge >= 0.3 is 0 Å². The van der Waals surface area contributed by atoms with E-state index in [1.807, 2.05) is 43.3 Å². The number of carbonyl (C=O) groups excluding carboxylic acids is 2. The van der Waals surface area contributed by atoms with Crippen molar-refractivity contribution >= 4 is 57.2 Å². The van der Waals surface area contributed by atoms with Gasteiger partial charge in [-0.25, -0.2) is 0 Å². The number of rotatable bonds is 6. The van der Waals surface area contributed by atoms with E-state index in [2.05, 4.69) is 21.6 Å². The Morgan fingerprint density at radius 2 is 2.00 bits per heavy atom. The van der Waals surface area contributed by atoms with Crippen molar-refractivity contribution in [2.24, 2.45) is 5.73 Å². The van der Waals surface area contributed by atoms with Crippen LogP contribution in [0.2, 0.25) is 5.02 Å². The molecule has 11 heteroatoms. The largest absolute Gasteiger partial charge is 0.384 e. The molecule has 1 aromatic heterocycles. The molecular weight excluding hydrogens is 540 g/mol. The number of amides is 1. The Hall–Kier alpha value is -3.65. The first-order chi connectivity index (χ1) is 18.4. The van der Waals surface area contributed by atoms with Gasteiger partial charge in [-0.3, -0.25) is 14.5 Å². The van der Waals surface area contributed by atoms with Gasteiger partial charge in [-0.2, -0.15) is 5.26 Å². The van der Waals surface area contributed by atoms with Crippen molar-refractivity contribution in [3.8, 4) is 6.07 Å². The van der Waals surface area contributed by atoms with Crippen LogP contribution >= 0.6 is 34.7 Å². The number of nitriles is 1. The van der Waals surface area contributed by atoms with Crippen molar-refractivity contribution in [1.29, 1.82) is 5.26 Å². The van der Waals surface area contributed by atoms with Crippen molar-refractivity contribution in [1.82, 2.24) is 10.2 Å². The second-order valence-electron chi connectivity index (χ2n) is 8.89. The standard InChI is InChI=1S/C27H23ClN6O2S2/c1-15-9-11-16(12-10-15)31-22(36)14-37-27-33-32-26(38-27)34-20-7-4-8-21(35)24(20)23(18(13-29)25(34)30)17-5-2-3-6-19(17)28/h2-3,5-6,9-12,23H,4,7-8,14,30H2,1H3,(H,31,36). The number of hydrogen-bond donors (Lipinski definition) is 2. The molecule has 1 aliphatic carbocycles. The average Bonchev–Trinajstić information content (AvgIpc) is 3.37. The molecule has 3 N–H and O–H groups in total. The highest BCUT2D eigenvalue weighted by Gasteiger charge is 2.41. The summed E-state index contributed by atoms with van der Waals surface area (Å²) in [6, 6.07) is 17.0. The van der Waals surface area contributed by atoms with Crippen LogP contribution in [0, 0.1) is 18.3 Å². The number of halogens is 1. The van der Waals surface area contributed by atoms with E-state index in [0.29, 0.717) is 50.6 Å². The molecule has 0 radical (unpaired) electrons. The number of nitrogens with one attached hydrogen (secondary N) is 1. The normalized spacial score (nSPS) is 17.3. The van der Waals surface area contributed by atoms with Gasteiger partial charge in [-0.05, 0) is 43.5 Å². The van der Waals surface area contributed by atoms with E-state index in [1.54, 1.807) is 17.0 Å². The molecule has 8 nitrogen and oxygen atoms in total. The van der Waals surface area contributed by atoms with E-state index >= 15 is 0 Å². The first-order valence-corrected chi connectivity index (χ1v) is 14.1. The van der Waals surface area contributed by atoms with Crippen molar-refractivity contribution in [3.63, 3.8) is 0 Å². The van der Waals surface area contributed by atoms with Crippen molar-refractivity contribution in [2.45, 2.75) is 36.4 Å². The average molecular weight is 563 g/mol. The molecule has 5 rings (SSSR count). The van der Waals surface area contributed by atoms with Crippen LogP contribution in [0.5, 0.6) is 0 Å². The summed E-state index contributed by atoms with van der Waals surface area (Å²) >= 11 is 9.02. The number of aromatic nitrogens is 2. The summed E-state index contributed by atoms with van der Waals surface area (Å²) in [7, 11) is 0. The molecule has 1 atom stereocenters. The van der Waals surface area contributed by atoms with Crippen LogP contribution in [0.25, 0.3) is 0 Å². The lowest BCUT2D eigenvalue weighted by Crippen LogP contribution is -2.38. The lowest BCUT2D eigenvalue weighted by molar-refractivity contribution is -0.116. The molecule has 0 saturated carbocycles. The monoisotopic (exact) mass is 562 g/mol. The number of aryl methyl sites for hydroxylation is 1. The van der Waals surface area contributed by atoms with Crippen molar-refractivity contribution < 1.29 is 9.59 Å². The minimum Gasteiger partial charge on any atom is -0.384 e. The van der Waals surface area contributed by atoms with E-state index in [1.165, 1.54) is 23.1 Å². The number of carbonyl (C=O) groups is 2. The number of nitrogens with zero attached hydrogens (tertiary/aromatic N) is 4. The maximum absolute atomic E-state index is 13.2. The van der Waals surface area contributed by atoms with E-state index in [0.717, 1.165) is 11.3 Å². The number of benzene rings is 2. The van der Waals surface area contributed by atoms with E-state index < -0.39 is 5.92 Å². The fraction of sp³-hybridized carbons (Fsp3) is 0.222. The zero-order valence-electron chi connectivity index (χ0n) is 20.4. The Labute approximate surface area is 233 Å². The minimum atomic E-state index is -0.639. The molecule has 0 saturated heterocycles. The van der Waals surface area contributed by atoms with Gasteiger partial charge in [0.1, 0.15) is 5.82 Å². The zero-order valence-corrected chi connectivity index (χ0v) is 22.8. The Kier molecular flexibility index (Phi) is 7.51. The number of Topliss-reactive ketones (excluding diaryl/α,β-unsaturated/α-hetero) is 1. The van der Waals surface area contributed by atoms with Gasteiger partial charge in [0.15, 0.2) is 10.1 Å². The van der Waals surface area contributed by atoms with Crippen LogP contribution < -0.4 is 16.0 Å². The van der Waals surface area contributed by atoms with E-state index in [-0.39, 0.29) is 28.8 Å². The van der Waals surface area contributed by atoms with Crippen LogP contribution in [0.15, 0.2) is 75.5 Å². The van der Waals surface area contributed by atoms with Gasteiger partial charge in [-0.15, -0.1) is 10.2 Å². The van der Waals surface area contributed by atoms with Crippen LogP contribution in [-0.2, 0) is 9.59 Å². The number of nitrogens with two attached hydrogens (primary N) is 1. The first-order valence-electron chi connectivity index (χ1n) is 11.9.